The number of rotatable bonds is 4. The number of nitrogens with zero attached hydrogens (tertiary/aromatic N) is 1. The molecule has 1 aromatic carbocycles. The molecular weight excluding hydrogens is 279 g/mol. The first-order valence-electron chi connectivity index (χ1n) is 5.99. The molecule has 3 N–H and O–H groups in total. The van der Waals surface area contributed by atoms with Crippen molar-refractivity contribution in [2.24, 2.45) is 5.73 Å². The number of carbonyl (C=O) groups excluding carboxylic acids is 1. The Balaban J connectivity index is 2.36. The van der Waals surface area contributed by atoms with Crippen molar-refractivity contribution in [1.82, 2.24) is 4.98 Å². The molecule has 0 unspecified atom stereocenters. The quantitative estimate of drug-likeness (QED) is 0.836. The molecule has 1 aromatic heterocycles. The van der Waals surface area contributed by atoms with Gasteiger partial charge in [-0.2, -0.15) is 0 Å². The van der Waals surface area contributed by atoms with E-state index >= 15 is 0 Å². The van der Waals surface area contributed by atoms with Gasteiger partial charge in [-0.1, -0.05) is 0 Å². The molecule has 0 aliphatic rings. The van der Waals surface area contributed by atoms with Crippen LogP contribution in [-0.4, -0.2) is 23.2 Å². The Morgan fingerprint density at radius 1 is 1.38 bits per heavy atom. The van der Waals surface area contributed by atoms with Gasteiger partial charge in [-0.25, -0.2) is 14.2 Å². The zero-order chi connectivity index (χ0) is 15.4. The van der Waals surface area contributed by atoms with Gasteiger partial charge in [0.1, 0.15) is 5.75 Å². The summed E-state index contributed by atoms with van der Waals surface area (Å²) in [6, 6.07) is 6.21. The molecule has 0 radical (unpaired) electrons. The van der Waals surface area contributed by atoms with Crippen LogP contribution in [0, 0.1) is 5.82 Å². The molecule has 0 fully saturated rings. The standard InChI is InChI=1S/C14H13FN2O4/c1-20-14(19)8-4-9(7-16)17-13(5-8)21-12-3-2-10(18)6-11(12)15/h2-6,18H,7,16H2,1H3. The average molecular weight is 292 g/mol. The third-order valence-electron chi connectivity index (χ3n) is 2.62. The number of esters is 1. The smallest absolute Gasteiger partial charge is 0.338 e. The number of hydrogen-bond donors (Lipinski definition) is 2. The molecule has 0 aliphatic heterocycles. The van der Waals surface area contributed by atoms with Gasteiger partial charge in [0.25, 0.3) is 0 Å². The number of aromatic nitrogens is 1. The minimum absolute atomic E-state index is 0.00272. The van der Waals surface area contributed by atoms with E-state index in [1.165, 1.54) is 31.4 Å². The summed E-state index contributed by atoms with van der Waals surface area (Å²) in [6.45, 7) is 0.0826. The first-order valence-corrected chi connectivity index (χ1v) is 5.99. The van der Waals surface area contributed by atoms with E-state index in [1.54, 1.807) is 0 Å². The molecule has 7 heteroatoms. The maximum atomic E-state index is 13.6. The number of pyridine rings is 1. The normalized spacial score (nSPS) is 10.2. The molecule has 2 aromatic rings. The predicted octanol–water partition coefficient (Wildman–Crippen LogP) is 1.96. The molecule has 0 aliphatic carbocycles. The van der Waals surface area contributed by atoms with Crippen LogP contribution in [0.1, 0.15) is 16.1 Å². The van der Waals surface area contributed by atoms with E-state index in [4.69, 9.17) is 15.6 Å². The lowest BCUT2D eigenvalue weighted by molar-refractivity contribution is 0.0600. The second kappa shape index (κ2) is 6.19. The lowest BCUT2D eigenvalue weighted by atomic mass is 10.2. The van der Waals surface area contributed by atoms with Gasteiger partial charge in [-0.3, -0.25) is 0 Å². The topological polar surface area (TPSA) is 94.7 Å². The van der Waals surface area contributed by atoms with Crippen LogP contribution in [-0.2, 0) is 11.3 Å². The summed E-state index contributed by atoms with van der Waals surface area (Å²) in [5.74, 6) is -1.69. The number of halogens is 1. The van der Waals surface area contributed by atoms with Gasteiger partial charge in [0, 0.05) is 18.7 Å². The second-order valence-corrected chi connectivity index (χ2v) is 4.10. The zero-order valence-electron chi connectivity index (χ0n) is 11.2. The summed E-state index contributed by atoms with van der Waals surface area (Å²) in [5, 5.41) is 9.15. The third kappa shape index (κ3) is 3.46. The van der Waals surface area contributed by atoms with Crippen LogP contribution in [0.3, 0.4) is 0 Å². The number of phenolic OH excluding ortho intramolecular Hbond substituents is 1. The van der Waals surface area contributed by atoms with Gasteiger partial charge >= 0.3 is 5.97 Å². The molecule has 110 valence electrons. The fourth-order valence-electron chi connectivity index (χ4n) is 1.64. The van der Waals surface area contributed by atoms with Crippen LogP contribution in [0.15, 0.2) is 30.3 Å². The Bertz CT molecular complexity index is 676. The minimum atomic E-state index is -0.755. The number of carbonyl (C=O) groups is 1. The second-order valence-electron chi connectivity index (χ2n) is 4.10. The molecule has 6 nitrogen and oxygen atoms in total. The highest BCUT2D eigenvalue weighted by atomic mass is 19.1. The van der Waals surface area contributed by atoms with Gasteiger partial charge in [0.05, 0.1) is 18.4 Å². The first-order chi connectivity index (χ1) is 10.0. The Hall–Kier alpha value is -2.67. The number of aromatic hydroxyl groups is 1. The largest absolute Gasteiger partial charge is 0.508 e. The number of nitrogens with two attached hydrogens (primary N) is 1. The van der Waals surface area contributed by atoms with E-state index in [1.807, 2.05) is 0 Å². The van der Waals surface area contributed by atoms with Gasteiger partial charge in [0.2, 0.25) is 5.88 Å². The molecule has 0 saturated carbocycles. The molecular formula is C14H13FN2O4. The third-order valence-corrected chi connectivity index (χ3v) is 2.62. The predicted molar refractivity (Wildman–Crippen MR) is 71.6 cm³/mol. The van der Waals surface area contributed by atoms with Crippen LogP contribution in [0.4, 0.5) is 4.39 Å². The molecule has 0 atom stereocenters. The van der Waals surface area contributed by atoms with Crippen molar-refractivity contribution in [2.75, 3.05) is 7.11 Å². The summed E-state index contributed by atoms with van der Waals surface area (Å²) in [4.78, 5) is 15.6. The van der Waals surface area contributed by atoms with E-state index in [0.29, 0.717) is 5.69 Å². The van der Waals surface area contributed by atoms with Crippen molar-refractivity contribution in [3.05, 3.63) is 47.4 Å². The number of ether oxygens (including phenoxy) is 2. The Morgan fingerprint density at radius 3 is 2.76 bits per heavy atom. The fourth-order valence-corrected chi connectivity index (χ4v) is 1.64. The average Bonchev–Trinajstić information content (AvgIpc) is 2.49. The number of methoxy groups -OCH3 is 1. The summed E-state index contributed by atoms with van der Waals surface area (Å²) in [6.07, 6.45) is 0. The van der Waals surface area contributed by atoms with Crippen LogP contribution in [0.2, 0.25) is 0 Å². The first kappa shape index (κ1) is 14.7. The zero-order valence-corrected chi connectivity index (χ0v) is 11.2. The van der Waals surface area contributed by atoms with Crippen molar-refractivity contribution in [3.63, 3.8) is 0 Å². The molecule has 21 heavy (non-hydrogen) atoms. The number of hydrogen-bond acceptors (Lipinski definition) is 6. The van der Waals surface area contributed by atoms with Crippen molar-refractivity contribution in [2.45, 2.75) is 6.54 Å². The number of phenols is 1. The molecule has 2 rings (SSSR count). The Kier molecular flexibility index (Phi) is 4.34. The lowest BCUT2D eigenvalue weighted by Crippen LogP contribution is -2.07. The van der Waals surface area contributed by atoms with Gasteiger partial charge in [-0.05, 0) is 18.2 Å². The molecule has 0 amide bonds. The SMILES string of the molecule is COC(=O)c1cc(CN)nc(Oc2ccc(O)cc2F)c1. The van der Waals surface area contributed by atoms with Crippen molar-refractivity contribution in [3.8, 4) is 17.4 Å². The van der Waals surface area contributed by atoms with E-state index in [9.17, 15) is 9.18 Å². The highest BCUT2D eigenvalue weighted by Gasteiger charge is 2.13. The summed E-state index contributed by atoms with van der Waals surface area (Å²) in [5.41, 5.74) is 6.09. The van der Waals surface area contributed by atoms with Crippen LogP contribution >= 0.6 is 0 Å². The Labute approximate surface area is 119 Å². The Morgan fingerprint density at radius 2 is 2.14 bits per heavy atom. The molecule has 1 heterocycles. The highest BCUT2D eigenvalue weighted by molar-refractivity contribution is 5.89. The van der Waals surface area contributed by atoms with E-state index in [2.05, 4.69) is 9.72 Å². The lowest BCUT2D eigenvalue weighted by Gasteiger charge is -2.09. The van der Waals surface area contributed by atoms with Crippen molar-refractivity contribution < 1.29 is 23.8 Å². The minimum Gasteiger partial charge on any atom is -0.508 e. The van der Waals surface area contributed by atoms with E-state index in [-0.39, 0.29) is 29.5 Å². The maximum absolute atomic E-state index is 13.6. The van der Waals surface area contributed by atoms with Crippen LogP contribution < -0.4 is 10.5 Å². The monoisotopic (exact) mass is 292 g/mol. The van der Waals surface area contributed by atoms with Gasteiger partial charge in [0.15, 0.2) is 11.6 Å². The molecule has 0 spiro atoms. The van der Waals surface area contributed by atoms with Gasteiger partial charge in [-0.15, -0.1) is 0 Å². The van der Waals surface area contributed by atoms with Crippen LogP contribution in [0.25, 0.3) is 0 Å². The fraction of sp³-hybridized carbons (Fsp3) is 0.143. The molecule has 0 bridgehead atoms. The van der Waals surface area contributed by atoms with E-state index < -0.39 is 11.8 Å². The number of benzene rings is 1. The van der Waals surface area contributed by atoms with Crippen molar-refractivity contribution in [1.29, 1.82) is 0 Å². The van der Waals surface area contributed by atoms with Crippen LogP contribution in [0.5, 0.6) is 17.4 Å². The highest BCUT2D eigenvalue weighted by Crippen LogP contribution is 2.26. The van der Waals surface area contributed by atoms with E-state index in [0.717, 1.165) is 6.07 Å². The summed E-state index contributed by atoms with van der Waals surface area (Å²) in [7, 11) is 1.24. The van der Waals surface area contributed by atoms with Gasteiger partial charge < -0.3 is 20.3 Å². The maximum Gasteiger partial charge on any atom is 0.338 e. The van der Waals surface area contributed by atoms with Crippen molar-refractivity contribution >= 4 is 5.97 Å². The summed E-state index contributed by atoms with van der Waals surface area (Å²) >= 11 is 0. The molecule has 0 saturated heterocycles. The summed E-state index contributed by atoms with van der Waals surface area (Å²) < 4.78 is 23.5.